The quantitative estimate of drug-likeness (QED) is 0.568. The van der Waals surface area contributed by atoms with Crippen molar-refractivity contribution in [1.82, 2.24) is 9.21 Å². The molecule has 3 aliphatic rings. The van der Waals surface area contributed by atoms with E-state index < -0.39 is 58.7 Å². The Bertz CT molecular complexity index is 1120. The predicted octanol–water partition coefficient (Wildman–Crippen LogP) is 0.770. The van der Waals surface area contributed by atoms with Gasteiger partial charge in [-0.15, -0.1) is 0 Å². The highest BCUT2D eigenvalue weighted by Crippen LogP contribution is 2.41. The zero-order chi connectivity index (χ0) is 24.1. The van der Waals surface area contributed by atoms with Gasteiger partial charge in [0.05, 0.1) is 0 Å². The fourth-order valence-corrected chi connectivity index (χ4v) is 5.73. The minimum atomic E-state index is -4.60. The van der Waals surface area contributed by atoms with Crippen LogP contribution in [-0.2, 0) is 24.5 Å². The molecule has 0 aliphatic carbocycles. The summed E-state index contributed by atoms with van der Waals surface area (Å²) in [6, 6.07) is 1.84. The van der Waals surface area contributed by atoms with Crippen molar-refractivity contribution in [2.45, 2.75) is 38.8 Å². The molecule has 2 fully saturated rings. The first kappa shape index (κ1) is 23.5. The van der Waals surface area contributed by atoms with Gasteiger partial charge in [0.1, 0.15) is 24.0 Å². The van der Waals surface area contributed by atoms with Gasteiger partial charge in [-0.3, -0.25) is 14.5 Å². The Labute approximate surface area is 191 Å². The van der Waals surface area contributed by atoms with Gasteiger partial charge in [-0.25, -0.2) is 8.70 Å². The summed E-state index contributed by atoms with van der Waals surface area (Å²) in [5, 5.41) is 10.3. The van der Waals surface area contributed by atoms with Crippen molar-refractivity contribution in [3.8, 4) is 5.75 Å². The van der Waals surface area contributed by atoms with Crippen LogP contribution in [0, 0.1) is 11.7 Å². The van der Waals surface area contributed by atoms with E-state index in [2.05, 4.69) is 4.90 Å². The third kappa shape index (κ3) is 4.06. The summed E-state index contributed by atoms with van der Waals surface area (Å²) in [6.45, 7) is 3.18. The van der Waals surface area contributed by atoms with E-state index in [1.54, 1.807) is 13.8 Å². The van der Waals surface area contributed by atoms with Crippen molar-refractivity contribution < 1.29 is 32.2 Å². The zero-order valence-electron chi connectivity index (χ0n) is 18.4. The first-order valence-electron chi connectivity index (χ1n) is 10.7. The SMILES string of the molecule is CC(C)C(N)C(=O)OCN1C(=O)CN(c2c(O)ccc(C3=CC4CCCN4C3)c2F)S1(=O)=O. The van der Waals surface area contributed by atoms with E-state index in [-0.39, 0.29) is 17.5 Å². The number of esters is 1. The van der Waals surface area contributed by atoms with E-state index in [4.69, 9.17) is 10.5 Å². The van der Waals surface area contributed by atoms with Crippen molar-refractivity contribution in [3.63, 3.8) is 0 Å². The molecule has 0 radical (unpaired) electrons. The largest absolute Gasteiger partial charge is 0.506 e. The summed E-state index contributed by atoms with van der Waals surface area (Å²) in [5.74, 6) is -3.59. The highest BCUT2D eigenvalue weighted by molar-refractivity contribution is 7.91. The Morgan fingerprint density at radius 1 is 1.33 bits per heavy atom. The normalized spacial score (nSPS) is 23.2. The van der Waals surface area contributed by atoms with E-state index in [9.17, 15) is 23.1 Å². The highest BCUT2D eigenvalue weighted by Gasteiger charge is 2.46. The summed E-state index contributed by atoms with van der Waals surface area (Å²) >= 11 is 0. The van der Waals surface area contributed by atoms with Crippen LogP contribution >= 0.6 is 0 Å². The van der Waals surface area contributed by atoms with Gasteiger partial charge in [-0.2, -0.15) is 12.7 Å². The molecular weight excluding hydrogens is 455 g/mol. The Morgan fingerprint density at radius 3 is 2.73 bits per heavy atom. The van der Waals surface area contributed by atoms with Gasteiger partial charge in [0.2, 0.25) is 0 Å². The molecule has 2 unspecified atom stereocenters. The molecule has 2 saturated heterocycles. The van der Waals surface area contributed by atoms with Gasteiger partial charge in [-0.1, -0.05) is 19.9 Å². The molecule has 2 atom stereocenters. The standard InChI is InChI=1S/C21H27FN4O6S/c1-12(2)19(23)21(29)32-11-26-17(28)10-25(33(26,30)31)20-16(27)6-5-15(18(20)22)13-8-14-4-3-7-24(14)9-13/h5-6,8,12,14,19,27H,3-4,7,9-11,23H2,1-2H3. The second kappa shape index (κ2) is 8.58. The first-order chi connectivity index (χ1) is 15.5. The van der Waals surface area contributed by atoms with E-state index in [0.717, 1.165) is 19.4 Å². The monoisotopic (exact) mass is 482 g/mol. The Morgan fingerprint density at radius 2 is 2.06 bits per heavy atom. The van der Waals surface area contributed by atoms with Crippen LogP contribution in [0.4, 0.5) is 10.1 Å². The molecule has 3 aliphatic heterocycles. The predicted molar refractivity (Wildman–Crippen MR) is 118 cm³/mol. The van der Waals surface area contributed by atoms with Crippen molar-refractivity contribution in [2.24, 2.45) is 11.7 Å². The van der Waals surface area contributed by atoms with Gasteiger partial charge in [0, 0.05) is 18.2 Å². The fraction of sp³-hybridized carbons (Fsp3) is 0.524. The number of phenols is 1. The number of hydrogen-bond acceptors (Lipinski definition) is 8. The fourth-order valence-electron chi connectivity index (χ4n) is 4.31. The zero-order valence-corrected chi connectivity index (χ0v) is 19.2. The molecule has 0 saturated carbocycles. The van der Waals surface area contributed by atoms with Gasteiger partial charge in [0.25, 0.3) is 5.91 Å². The molecular formula is C21H27FN4O6S. The van der Waals surface area contributed by atoms with Gasteiger partial charge < -0.3 is 15.6 Å². The average molecular weight is 483 g/mol. The Balaban J connectivity index is 1.60. The minimum absolute atomic E-state index is 0.174. The summed E-state index contributed by atoms with van der Waals surface area (Å²) in [7, 11) is -4.60. The van der Waals surface area contributed by atoms with Crippen LogP contribution in [0.25, 0.3) is 5.57 Å². The molecule has 3 heterocycles. The summed E-state index contributed by atoms with van der Waals surface area (Å²) in [4.78, 5) is 26.6. The van der Waals surface area contributed by atoms with E-state index in [1.165, 1.54) is 12.1 Å². The van der Waals surface area contributed by atoms with Crippen LogP contribution in [-0.4, -0.2) is 73.1 Å². The summed E-state index contributed by atoms with van der Waals surface area (Å²) < 4.78 is 47.3. The smallest absolute Gasteiger partial charge is 0.332 e. The maximum Gasteiger partial charge on any atom is 0.332 e. The third-order valence-corrected chi connectivity index (χ3v) is 8.03. The highest BCUT2D eigenvalue weighted by atomic mass is 32.2. The molecule has 12 heteroatoms. The van der Waals surface area contributed by atoms with Crippen LogP contribution in [0.2, 0.25) is 0 Å². The lowest BCUT2D eigenvalue weighted by atomic mass is 10.0. The van der Waals surface area contributed by atoms with Crippen LogP contribution in [0.5, 0.6) is 5.75 Å². The number of nitrogens with zero attached hydrogens (tertiary/aromatic N) is 3. The van der Waals surface area contributed by atoms with Crippen molar-refractivity contribution >= 4 is 33.3 Å². The number of nitrogens with two attached hydrogens (primary N) is 1. The summed E-state index contributed by atoms with van der Waals surface area (Å²) in [6.07, 6.45) is 3.99. The molecule has 33 heavy (non-hydrogen) atoms. The van der Waals surface area contributed by atoms with Crippen LogP contribution in [0.1, 0.15) is 32.3 Å². The van der Waals surface area contributed by atoms with E-state index >= 15 is 4.39 Å². The van der Waals surface area contributed by atoms with Gasteiger partial charge in [0.15, 0.2) is 12.5 Å². The first-order valence-corrected chi connectivity index (χ1v) is 12.1. The number of carbonyl (C=O) groups excluding carboxylic acids is 2. The van der Waals surface area contributed by atoms with Crippen LogP contribution in [0.15, 0.2) is 18.2 Å². The van der Waals surface area contributed by atoms with Crippen LogP contribution < -0.4 is 10.0 Å². The number of carbonyl (C=O) groups is 2. The molecule has 1 aromatic rings. The lowest BCUT2D eigenvalue weighted by Gasteiger charge is -2.22. The van der Waals surface area contributed by atoms with Gasteiger partial charge in [-0.05, 0) is 43.0 Å². The lowest BCUT2D eigenvalue weighted by Crippen LogP contribution is -2.41. The number of anilines is 1. The second-order valence-electron chi connectivity index (χ2n) is 8.79. The molecule has 180 valence electrons. The number of hydrogen-bond donors (Lipinski definition) is 2. The second-order valence-corrected chi connectivity index (χ2v) is 10.6. The number of halogens is 1. The maximum absolute atomic E-state index is 15.6. The molecule has 1 aromatic carbocycles. The summed E-state index contributed by atoms with van der Waals surface area (Å²) in [5.41, 5.74) is 5.95. The molecule has 0 bridgehead atoms. The number of aromatic hydroxyl groups is 1. The number of benzene rings is 1. The molecule has 0 aromatic heterocycles. The Hall–Kier alpha value is -2.70. The number of rotatable bonds is 6. The number of ether oxygens (including phenoxy) is 1. The molecule has 4 rings (SSSR count). The van der Waals surface area contributed by atoms with Crippen molar-refractivity contribution in [1.29, 1.82) is 0 Å². The van der Waals surface area contributed by atoms with Crippen LogP contribution in [0.3, 0.4) is 0 Å². The van der Waals surface area contributed by atoms with Crippen molar-refractivity contribution in [2.75, 3.05) is 30.7 Å². The third-order valence-electron chi connectivity index (χ3n) is 6.30. The van der Waals surface area contributed by atoms with E-state index in [1.807, 2.05) is 6.08 Å². The minimum Gasteiger partial charge on any atom is -0.506 e. The van der Waals surface area contributed by atoms with Crippen molar-refractivity contribution in [3.05, 3.63) is 29.6 Å². The van der Waals surface area contributed by atoms with Gasteiger partial charge >= 0.3 is 16.2 Å². The Kier molecular flexibility index (Phi) is 6.10. The topological polar surface area (TPSA) is 133 Å². The lowest BCUT2D eigenvalue weighted by molar-refractivity contribution is -0.150. The molecule has 0 spiro atoms. The van der Waals surface area contributed by atoms with E-state index in [0.29, 0.717) is 20.7 Å². The molecule has 10 nitrogen and oxygen atoms in total. The average Bonchev–Trinajstić information content (AvgIpc) is 3.39. The maximum atomic E-state index is 15.6. The molecule has 1 amide bonds. The number of phenolic OH excluding ortho intramolecular Hbond substituents is 1. The molecule has 3 N–H and O–H groups in total. The number of fused-ring (bicyclic) bond motifs is 1. The number of amides is 1.